The topological polar surface area (TPSA) is 304 Å². The summed E-state index contributed by atoms with van der Waals surface area (Å²) >= 11 is 0. The van der Waals surface area contributed by atoms with Gasteiger partial charge in [0, 0.05) is 6.08 Å². The van der Waals surface area contributed by atoms with E-state index in [9.17, 15) is 61.0 Å². The van der Waals surface area contributed by atoms with E-state index in [1.54, 1.807) is 0 Å². The zero-order valence-electron chi connectivity index (χ0n) is 28.2. The number of carbonyl (C=O) groups excluding carboxylic acids is 1. The molecule has 3 heterocycles. The first kappa shape index (κ1) is 40.5. The van der Waals surface area contributed by atoms with Crippen LogP contribution in [0, 0.1) is 0 Å². The molecule has 3 fully saturated rings. The van der Waals surface area contributed by atoms with Gasteiger partial charge in [-0.15, -0.1) is 0 Å². The summed E-state index contributed by atoms with van der Waals surface area (Å²) in [5, 5.41) is 113. The Labute approximate surface area is 302 Å². The average Bonchev–Trinajstić information content (AvgIpc) is 3.13. The van der Waals surface area contributed by atoms with Gasteiger partial charge in [-0.1, -0.05) is 12.1 Å². The summed E-state index contributed by atoms with van der Waals surface area (Å²) in [6.07, 6.45) is -20.3. The summed E-state index contributed by atoms with van der Waals surface area (Å²) in [4.78, 5) is 13.1. The Hall–Kier alpha value is -3.67. The molecule has 5 rings (SSSR count). The molecule has 14 atom stereocenters. The van der Waals surface area contributed by atoms with Crippen molar-refractivity contribution in [2.75, 3.05) is 19.8 Å². The van der Waals surface area contributed by atoms with Crippen LogP contribution in [0.15, 0.2) is 42.5 Å². The molecule has 0 radical (unpaired) electrons. The monoisotopic (exact) mass is 756 g/mol. The molecule has 0 spiro atoms. The first-order chi connectivity index (χ1) is 25.2. The van der Waals surface area contributed by atoms with Gasteiger partial charge in [-0.2, -0.15) is 0 Å². The van der Waals surface area contributed by atoms with Crippen LogP contribution in [0.1, 0.15) is 18.1 Å². The summed E-state index contributed by atoms with van der Waals surface area (Å²) < 4.78 is 40.1. The quantitative estimate of drug-likeness (QED) is 0.0603. The zero-order chi connectivity index (χ0) is 38.6. The van der Waals surface area contributed by atoms with E-state index in [1.165, 1.54) is 49.4 Å². The van der Waals surface area contributed by atoms with E-state index >= 15 is 0 Å². The van der Waals surface area contributed by atoms with Crippen molar-refractivity contribution in [1.29, 1.82) is 0 Å². The van der Waals surface area contributed by atoms with Gasteiger partial charge >= 0.3 is 5.97 Å². The van der Waals surface area contributed by atoms with Gasteiger partial charge in [-0.05, 0) is 54.8 Å². The number of carbonyl (C=O) groups is 1. The lowest BCUT2D eigenvalue weighted by atomic mass is 9.96. The predicted molar refractivity (Wildman–Crippen MR) is 174 cm³/mol. The van der Waals surface area contributed by atoms with E-state index in [0.717, 1.165) is 6.08 Å². The smallest absolute Gasteiger partial charge is 0.331 e. The molecule has 2 aromatic rings. The maximum absolute atomic E-state index is 13.1. The van der Waals surface area contributed by atoms with Crippen molar-refractivity contribution in [1.82, 2.24) is 0 Å². The third-order valence-corrected chi connectivity index (χ3v) is 8.99. The Morgan fingerprint density at radius 1 is 0.755 bits per heavy atom. The van der Waals surface area contributed by atoms with Gasteiger partial charge in [0.05, 0.1) is 25.9 Å². The molecule has 3 aliphatic heterocycles. The van der Waals surface area contributed by atoms with Gasteiger partial charge < -0.3 is 89.3 Å². The fraction of sp³-hybridized carbons (Fsp3) is 0.559. The molecule has 19 nitrogen and oxygen atoms in total. The SMILES string of the molecule is C[C@@H]1O[C@@H](O[C@@H]2[C@@H](O)[C@H](OCCc3ccc(O)c(O)c3)O[C@H](CO)[C@H]2OC(=O)/C=C/c2ccc(O)c(O)c2)[C@H](O[C@@H]2OC[C@@H](O)[C@@H](O)[C@@H]2O)[C@H](O)[C@H]1O. The number of hydrogen-bond acceptors (Lipinski definition) is 19. The van der Waals surface area contributed by atoms with Crippen LogP contribution < -0.4 is 0 Å². The normalized spacial score (nSPS) is 36.4. The van der Waals surface area contributed by atoms with E-state index in [0.29, 0.717) is 11.1 Å². The number of aliphatic hydroxyl groups is 7. The largest absolute Gasteiger partial charge is 0.504 e. The summed E-state index contributed by atoms with van der Waals surface area (Å²) in [5.41, 5.74) is 0.834. The van der Waals surface area contributed by atoms with Crippen molar-refractivity contribution in [3.05, 3.63) is 53.6 Å². The Morgan fingerprint density at radius 2 is 1.43 bits per heavy atom. The second-order valence-corrected chi connectivity index (χ2v) is 12.8. The molecule has 0 unspecified atom stereocenters. The Bertz CT molecular complexity index is 1560. The fourth-order valence-corrected chi connectivity index (χ4v) is 5.94. The zero-order valence-corrected chi connectivity index (χ0v) is 28.2. The number of aromatic hydroxyl groups is 4. The maximum Gasteiger partial charge on any atom is 0.331 e. The second kappa shape index (κ2) is 17.6. The second-order valence-electron chi connectivity index (χ2n) is 12.8. The Kier molecular flexibility index (Phi) is 13.5. The predicted octanol–water partition coefficient (Wildman–Crippen LogP) is -2.55. The fourth-order valence-electron chi connectivity index (χ4n) is 5.94. The number of phenols is 4. The number of ether oxygens (including phenoxy) is 7. The standard InChI is InChI=1S/C34H44O19/c1-14-24(42)26(44)31(53-32-27(45)25(43)21(40)13-48-32)34(49-14)52-30-28(46)33(47-9-8-16-3-6-18(37)20(39)11-16)50-22(12-35)29(30)51-23(41)7-4-15-2-5-17(36)19(38)10-15/h2-7,10-11,14,21-22,24-40,42-46H,8-9,12-13H2,1H3/b7-4+/t14-,21+,22+,24-,25+,26+,27-,28+,29+,30+,31+,32-,33+,34-/m0/s1. The molecule has 294 valence electrons. The average molecular weight is 757 g/mol. The van der Waals surface area contributed by atoms with Crippen molar-refractivity contribution in [3.63, 3.8) is 0 Å². The van der Waals surface area contributed by atoms with Gasteiger partial charge in [0.25, 0.3) is 0 Å². The molecule has 0 aromatic heterocycles. The van der Waals surface area contributed by atoms with Gasteiger partial charge in [0.2, 0.25) is 0 Å². The van der Waals surface area contributed by atoms with Gasteiger partial charge in [0.15, 0.2) is 48.0 Å². The number of phenolic OH excluding ortho intramolecular Hbond substituents is 4. The maximum atomic E-state index is 13.1. The van der Waals surface area contributed by atoms with Crippen molar-refractivity contribution < 1.29 is 94.1 Å². The lowest BCUT2D eigenvalue weighted by Crippen LogP contribution is -2.66. The van der Waals surface area contributed by atoms with Crippen molar-refractivity contribution in [2.45, 2.75) is 99.4 Å². The number of rotatable bonds is 12. The lowest BCUT2D eigenvalue weighted by Gasteiger charge is -2.48. The third kappa shape index (κ3) is 9.53. The molecule has 2 aromatic carbocycles. The molecular formula is C34H44O19. The summed E-state index contributed by atoms with van der Waals surface area (Å²) in [6, 6.07) is 7.85. The molecule has 3 aliphatic rings. The third-order valence-electron chi connectivity index (χ3n) is 8.99. The van der Waals surface area contributed by atoms with Crippen molar-refractivity contribution in [3.8, 4) is 23.0 Å². The van der Waals surface area contributed by atoms with E-state index in [4.69, 9.17) is 33.2 Å². The van der Waals surface area contributed by atoms with E-state index in [2.05, 4.69) is 0 Å². The molecule has 0 saturated carbocycles. The highest BCUT2D eigenvalue weighted by molar-refractivity contribution is 5.87. The Morgan fingerprint density at radius 3 is 2.11 bits per heavy atom. The molecule has 11 N–H and O–H groups in total. The summed E-state index contributed by atoms with van der Waals surface area (Å²) in [7, 11) is 0. The van der Waals surface area contributed by atoms with E-state index in [1.807, 2.05) is 0 Å². The number of hydrogen-bond donors (Lipinski definition) is 11. The molecule has 19 heteroatoms. The number of benzene rings is 2. The highest BCUT2D eigenvalue weighted by Gasteiger charge is 2.54. The summed E-state index contributed by atoms with van der Waals surface area (Å²) in [6.45, 7) is -0.0224. The lowest BCUT2D eigenvalue weighted by molar-refractivity contribution is -0.381. The van der Waals surface area contributed by atoms with Crippen LogP contribution in [0.3, 0.4) is 0 Å². The van der Waals surface area contributed by atoms with E-state index < -0.39 is 111 Å². The minimum atomic E-state index is -1.82. The van der Waals surface area contributed by atoms with Crippen molar-refractivity contribution in [2.24, 2.45) is 0 Å². The molecular weight excluding hydrogens is 712 g/mol. The van der Waals surface area contributed by atoms with Gasteiger partial charge in [0.1, 0.15) is 54.9 Å². The first-order valence-electron chi connectivity index (χ1n) is 16.6. The van der Waals surface area contributed by atoms with Crippen LogP contribution in [-0.4, -0.2) is 168 Å². The molecule has 3 saturated heterocycles. The molecule has 0 bridgehead atoms. The highest BCUT2D eigenvalue weighted by atomic mass is 16.8. The number of esters is 1. The van der Waals surface area contributed by atoms with Crippen molar-refractivity contribution >= 4 is 12.0 Å². The van der Waals surface area contributed by atoms with Crippen LogP contribution >= 0.6 is 0 Å². The molecule has 53 heavy (non-hydrogen) atoms. The number of aliphatic hydroxyl groups excluding tert-OH is 7. The van der Waals surface area contributed by atoms with Gasteiger partial charge in [-0.25, -0.2) is 4.79 Å². The van der Waals surface area contributed by atoms with Crippen LogP contribution in [0.5, 0.6) is 23.0 Å². The minimum Gasteiger partial charge on any atom is -0.504 e. The van der Waals surface area contributed by atoms with Crippen LogP contribution in [0.4, 0.5) is 0 Å². The molecule has 0 amide bonds. The highest BCUT2D eigenvalue weighted by Crippen LogP contribution is 2.34. The molecule has 0 aliphatic carbocycles. The van der Waals surface area contributed by atoms with Gasteiger partial charge in [-0.3, -0.25) is 0 Å². The van der Waals surface area contributed by atoms with Crippen LogP contribution in [-0.2, 0) is 44.4 Å². The van der Waals surface area contributed by atoms with Crippen LogP contribution in [0.2, 0.25) is 0 Å². The minimum absolute atomic E-state index is 0.137. The van der Waals surface area contributed by atoms with E-state index in [-0.39, 0.29) is 30.3 Å². The first-order valence-corrected chi connectivity index (χ1v) is 16.6. The summed E-state index contributed by atoms with van der Waals surface area (Å²) in [5.74, 6) is -2.58. The van der Waals surface area contributed by atoms with Crippen LogP contribution in [0.25, 0.3) is 6.08 Å². The Balaban J connectivity index is 1.39.